The highest BCUT2D eigenvalue weighted by atomic mass is 35.5. The average molecular weight is 598 g/mol. The van der Waals surface area contributed by atoms with Gasteiger partial charge in [0.1, 0.15) is 18.3 Å². The molecule has 0 heterocycles. The predicted molar refractivity (Wildman–Crippen MR) is 160 cm³/mol. The van der Waals surface area contributed by atoms with E-state index in [0.29, 0.717) is 10.8 Å². The molecular formula is C31H36ClN3O5S. The third-order valence-corrected chi connectivity index (χ3v) is 9.38. The third-order valence-electron chi connectivity index (χ3n) is 7.34. The van der Waals surface area contributed by atoms with Crippen LogP contribution < -0.4 is 14.4 Å². The number of halogens is 1. The summed E-state index contributed by atoms with van der Waals surface area (Å²) >= 11 is 6.07. The van der Waals surface area contributed by atoms with Gasteiger partial charge in [-0.3, -0.25) is 13.9 Å². The van der Waals surface area contributed by atoms with Crippen molar-refractivity contribution < 1.29 is 22.7 Å². The second kappa shape index (κ2) is 13.9. The minimum atomic E-state index is -4.14. The van der Waals surface area contributed by atoms with Crippen LogP contribution in [0.1, 0.15) is 44.6 Å². The van der Waals surface area contributed by atoms with Gasteiger partial charge in [0.2, 0.25) is 11.8 Å². The maximum atomic E-state index is 14.1. The normalized spacial score (nSPS) is 14.6. The van der Waals surface area contributed by atoms with Crippen molar-refractivity contribution in [3.63, 3.8) is 0 Å². The van der Waals surface area contributed by atoms with Crippen molar-refractivity contribution in [2.24, 2.45) is 0 Å². The molecule has 8 nitrogen and oxygen atoms in total. The number of nitrogens with zero attached hydrogens (tertiary/aromatic N) is 2. The SMILES string of the molecule is COc1cccc(N(CC(=O)N(Cc2ccc(Cl)cc2)[C@H](C)C(=O)NC2CCCCC2)S(=O)(=O)c2ccccc2)c1. The predicted octanol–water partition coefficient (Wildman–Crippen LogP) is 5.41. The number of nitrogens with one attached hydrogen (secondary N) is 1. The Morgan fingerprint density at radius 2 is 1.66 bits per heavy atom. The number of anilines is 1. The van der Waals surface area contributed by atoms with E-state index in [1.807, 2.05) is 0 Å². The van der Waals surface area contributed by atoms with Crippen molar-refractivity contribution in [1.29, 1.82) is 0 Å². The first-order valence-electron chi connectivity index (χ1n) is 13.7. The van der Waals surface area contributed by atoms with Gasteiger partial charge < -0.3 is 15.0 Å². The van der Waals surface area contributed by atoms with Gasteiger partial charge in [-0.15, -0.1) is 0 Å². The number of amides is 2. The molecule has 4 rings (SSSR count). The van der Waals surface area contributed by atoms with E-state index >= 15 is 0 Å². The van der Waals surface area contributed by atoms with Crippen molar-refractivity contribution in [1.82, 2.24) is 10.2 Å². The van der Waals surface area contributed by atoms with E-state index in [4.69, 9.17) is 16.3 Å². The Morgan fingerprint density at radius 3 is 2.32 bits per heavy atom. The van der Waals surface area contributed by atoms with Gasteiger partial charge in [-0.1, -0.05) is 67.3 Å². The van der Waals surface area contributed by atoms with Crippen LogP contribution >= 0.6 is 11.6 Å². The van der Waals surface area contributed by atoms with Gasteiger partial charge in [0.05, 0.1) is 17.7 Å². The molecule has 10 heteroatoms. The molecule has 1 aliphatic rings. The van der Waals surface area contributed by atoms with Gasteiger partial charge in [-0.05, 0) is 61.7 Å². The quantitative estimate of drug-likeness (QED) is 0.319. The van der Waals surface area contributed by atoms with E-state index < -0.39 is 28.5 Å². The summed E-state index contributed by atoms with van der Waals surface area (Å²) in [6.07, 6.45) is 5.07. The van der Waals surface area contributed by atoms with Gasteiger partial charge in [-0.25, -0.2) is 8.42 Å². The van der Waals surface area contributed by atoms with Crippen molar-refractivity contribution in [2.75, 3.05) is 18.0 Å². The number of ether oxygens (including phenoxy) is 1. The molecule has 218 valence electrons. The first kappa shape index (κ1) is 30.4. The Balaban J connectivity index is 1.67. The lowest BCUT2D eigenvalue weighted by Crippen LogP contribution is -2.53. The van der Waals surface area contributed by atoms with Crippen LogP contribution in [-0.2, 0) is 26.2 Å². The Bertz CT molecular complexity index is 1430. The van der Waals surface area contributed by atoms with Crippen LogP contribution in [0.15, 0.2) is 83.8 Å². The second-order valence-electron chi connectivity index (χ2n) is 10.2. The fourth-order valence-electron chi connectivity index (χ4n) is 4.95. The molecule has 0 bridgehead atoms. The maximum absolute atomic E-state index is 14.1. The topological polar surface area (TPSA) is 96.0 Å². The lowest BCUT2D eigenvalue weighted by atomic mass is 9.95. The van der Waals surface area contributed by atoms with Gasteiger partial charge in [0.25, 0.3) is 10.0 Å². The summed E-state index contributed by atoms with van der Waals surface area (Å²) in [4.78, 5) is 28.9. The van der Waals surface area contributed by atoms with Crippen molar-refractivity contribution in [3.8, 4) is 5.75 Å². The molecular weight excluding hydrogens is 562 g/mol. The van der Waals surface area contributed by atoms with Crippen LogP contribution in [0.3, 0.4) is 0 Å². The Morgan fingerprint density at radius 1 is 0.976 bits per heavy atom. The number of hydrogen-bond acceptors (Lipinski definition) is 5. The zero-order valence-electron chi connectivity index (χ0n) is 23.3. The van der Waals surface area contributed by atoms with E-state index in [1.165, 1.54) is 24.1 Å². The molecule has 1 aliphatic carbocycles. The van der Waals surface area contributed by atoms with Crippen LogP contribution in [0, 0.1) is 0 Å². The summed E-state index contributed by atoms with van der Waals surface area (Å²) < 4.78 is 34.1. The fraction of sp³-hybridized carbons (Fsp3) is 0.355. The molecule has 1 saturated carbocycles. The second-order valence-corrected chi connectivity index (χ2v) is 12.5. The molecule has 0 spiro atoms. The minimum Gasteiger partial charge on any atom is -0.497 e. The van der Waals surface area contributed by atoms with Crippen LogP contribution in [0.5, 0.6) is 5.75 Å². The van der Waals surface area contributed by atoms with E-state index in [-0.39, 0.29) is 29.1 Å². The lowest BCUT2D eigenvalue weighted by molar-refractivity contribution is -0.139. The molecule has 0 radical (unpaired) electrons. The average Bonchev–Trinajstić information content (AvgIpc) is 3.00. The standard InChI is InChI=1S/C31H36ClN3O5S/c1-23(31(37)33-26-10-5-3-6-11-26)34(21-24-16-18-25(32)19-17-24)30(36)22-35(27-12-9-13-28(20-27)40-2)41(38,39)29-14-7-4-8-15-29/h4,7-9,12-20,23,26H,3,5-6,10-11,21-22H2,1-2H3,(H,33,37)/t23-/m1/s1. The highest BCUT2D eigenvalue weighted by molar-refractivity contribution is 7.92. The van der Waals surface area contributed by atoms with E-state index in [0.717, 1.165) is 42.0 Å². The zero-order valence-corrected chi connectivity index (χ0v) is 24.9. The largest absolute Gasteiger partial charge is 0.497 e. The van der Waals surface area contributed by atoms with E-state index in [1.54, 1.807) is 73.7 Å². The fourth-order valence-corrected chi connectivity index (χ4v) is 6.50. The van der Waals surface area contributed by atoms with Crippen LogP contribution in [0.4, 0.5) is 5.69 Å². The van der Waals surface area contributed by atoms with E-state index in [9.17, 15) is 18.0 Å². The zero-order chi connectivity index (χ0) is 29.4. The first-order valence-corrected chi connectivity index (χ1v) is 15.6. The molecule has 1 N–H and O–H groups in total. The Labute approximate surface area is 247 Å². The molecule has 1 fully saturated rings. The number of carbonyl (C=O) groups is 2. The Hall–Kier alpha value is -3.56. The lowest BCUT2D eigenvalue weighted by Gasteiger charge is -2.33. The number of benzene rings is 3. The molecule has 0 unspecified atom stereocenters. The summed E-state index contributed by atoms with van der Waals surface area (Å²) in [5, 5.41) is 3.65. The number of methoxy groups -OCH3 is 1. The molecule has 41 heavy (non-hydrogen) atoms. The Kier molecular flexibility index (Phi) is 10.3. The van der Waals surface area contributed by atoms with Crippen LogP contribution in [0.25, 0.3) is 0 Å². The molecule has 3 aromatic carbocycles. The smallest absolute Gasteiger partial charge is 0.264 e. The van der Waals surface area contributed by atoms with Gasteiger partial charge in [0, 0.05) is 23.7 Å². The third kappa shape index (κ3) is 7.80. The molecule has 0 saturated heterocycles. The van der Waals surface area contributed by atoms with Gasteiger partial charge >= 0.3 is 0 Å². The van der Waals surface area contributed by atoms with Gasteiger partial charge in [-0.2, -0.15) is 0 Å². The highest BCUT2D eigenvalue weighted by Gasteiger charge is 2.33. The summed E-state index contributed by atoms with van der Waals surface area (Å²) in [6.45, 7) is 1.26. The summed E-state index contributed by atoms with van der Waals surface area (Å²) in [5.41, 5.74) is 1.03. The number of hydrogen-bond donors (Lipinski definition) is 1. The first-order chi connectivity index (χ1) is 19.7. The summed E-state index contributed by atoms with van der Waals surface area (Å²) in [5.74, 6) is -0.340. The van der Waals surface area contributed by atoms with Crippen molar-refractivity contribution in [3.05, 3.63) is 89.4 Å². The molecule has 1 atom stereocenters. The molecule has 0 aliphatic heterocycles. The van der Waals surface area contributed by atoms with Gasteiger partial charge in [0.15, 0.2) is 0 Å². The monoisotopic (exact) mass is 597 g/mol. The molecule has 0 aromatic heterocycles. The number of rotatable bonds is 11. The maximum Gasteiger partial charge on any atom is 0.264 e. The van der Waals surface area contributed by atoms with E-state index in [2.05, 4.69) is 5.32 Å². The van der Waals surface area contributed by atoms with Crippen molar-refractivity contribution in [2.45, 2.75) is 62.6 Å². The molecule has 3 aromatic rings. The summed E-state index contributed by atoms with van der Waals surface area (Å²) in [6, 6.07) is 20.7. The van der Waals surface area contributed by atoms with Crippen LogP contribution in [0.2, 0.25) is 5.02 Å². The minimum absolute atomic E-state index is 0.0444. The molecule has 2 amide bonds. The van der Waals surface area contributed by atoms with Crippen LogP contribution in [-0.4, -0.2) is 50.9 Å². The number of sulfonamides is 1. The van der Waals surface area contributed by atoms with Crippen molar-refractivity contribution >= 4 is 39.1 Å². The number of carbonyl (C=O) groups excluding carboxylic acids is 2. The summed E-state index contributed by atoms with van der Waals surface area (Å²) in [7, 11) is -2.66. The highest BCUT2D eigenvalue weighted by Crippen LogP contribution is 2.28.